The van der Waals surface area contributed by atoms with Gasteiger partial charge in [0, 0.05) is 18.6 Å². The number of likely N-dealkylation sites (N-methyl/N-ethyl adjacent to an activating group) is 1. The first-order valence-corrected chi connectivity index (χ1v) is 5.78. The summed E-state index contributed by atoms with van der Waals surface area (Å²) in [5, 5.41) is 0. The summed E-state index contributed by atoms with van der Waals surface area (Å²) in [6.07, 6.45) is 2.83. The molecule has 0 aromatic rings. The molecule has 2 unspecified atom stereocenters. The van der Waals surface area contributed by atoms with E-state index >= 15 is 0 Å². The van der Waals surface area contributed by atoms with Gasteiger partial charge in [-0.25, -0.2) is 0 Å². The third-order valence-corrected chi connectivity index (χ3v) is 3.10. The van der Waals surface area contributed by atoms with Crippen LogP contribution >= 0.6 is 0 Å². The van der Waals surface area contributed by atoms with Gasteiger partial charge >= 0.3 is 0 Å². The first-order valence-electron chi connectivity index (χ1n) is 5.78. The van der Waals surface area contributed by atoms with Gasteiger partial charge in [-0.2, -0.15) is 0 Å². The Bertz CT molecular complexity index is 177. The minimum atomic E-state index is 0.249. The molecule has 0 radical (unpaired) electrons. The van der Waals surface area contributed by atoms with Crippen molar-refractivity contribution in [3.05, 3.63) is 0 Å². The predicted octanol–water partition coefficient (Wildman–Crippen LogP) is 2.09. The fraction of sp³-hybridized carbons (Fsp3) is 1.00. The Hall–Kier alpha value is -0.0800. The Morgan fingerprint density at radius 3 is 2.14 bits per heavy atom. The van der Waals surface area contributed by atoms with Gasteiger partial charge in [0.1, 0.15) is 0 Å². The first-order chi connectivity index (χ1) is 6.32. The Morgan fingerprint density at radius 2 is 1.86 bits per heavy atom. The highest BCUT2D eigenvalue weighted by Crippen LogP contribution is 2.33. The number of hydrogen-bond acceptors (Lipinski definition) is 2. The average Bonchev–Trinajstić information content (AvgIpc) is 2.65. The lowest BCUT2D eigenvalue weighted by Crippen LogP contribution is -2.52. The van der Waals surface area contributed by atoms with E-state index in [1.807, 2.05) is 0 Å². The molecule has 2 heteroatoms. The van der Waals surface area contributed by atoms with Crippen LogP contribution in [-0.4, -0.2) is 30.6 Å². The molecular weight excluding hydrogens is 172 g/mol. The summed E-state index contributed by atoms with van der Waals surface area (Å²) < 4.78 is 0. The van der Waals surface area contributed by atoms with Crippen LogP contribution in [0.2, 0.25) is 0 Å². The topological polar surface area (TPSA) is 29.3 Å². The summed E-state index contributed by atoms with van der Waals surface area (Å²) in [5.41, 5.74) is 6.35. The molecule has 14 heavy (non-hydrogen) atoms. The molecule has 0 aliphatic heterocycles. The summed E-state index contributed by atoms with van der Waals surface area (Å²) in [5.74, 6) is 0.948. The van der Waals surface area contributed by atoms with Crippen molar-refractivity contribution in [1.29, 1.82) is 0 Å². The number of nitrogens with two attached hydrogens (primary N) is 1. The number of nitrogens with zero attached hydrogens (tertiary/aromatic N) is 1. The monoisotopic (exact) mass is 198 g/mol. The lowest BCUT2D eigenvalue weighted by atomic mass is 9.82. The molecule has 2 nitrogen and oxygen atoms in total. The zero-order chi connectivity index (χ0) is 10.9. The summed E-state index contributed by atoms with van der Waals surface area (Å²) >= 11 is 0. The van der Waals surface area contributed by atoms with Gasteiger partial charge in [0.25, 0.3) is 0 Å². The van der Waals surface area contributed by atoms with E-state index in [0.717, 1.165) is 5.92 Å². The summed E-state index contributed by atoms with van der Waals surface area (Å²) in [4.78, 5) is 2.46. The van der Waals surface area contributed by atoms with Gasteiger partial charge in [-0.05, 0) is 38.1 Å². The highest BCUT2D eigenvalue weighted by Gasteiger charge is 2.34. The van der Waals surface area contributed by atoms with Gasteiger partial charge in [0.05, 0.1) is 0 Å². The standard InChI is InChI=1S/C12H26N2/c1-9(13)11(12(2,3)4)14(5)8-10-6-7-10/h9-11H,6-8,13H2,1-5H3. The van der Waals surface area contributed by atoms with Crippen molar-refractivity contribution in [3.8, 4) is 0 Å². The van der Waals surface area contributed by atoms with Crippen molar-refractivity contribution in [2.75, 3.05) is 13.6 Å². The van der Waals surface area contributed by atoms with Crippen LogP contribution in [0.15, 0.2) is 0 Å². The van der Waals surface area contributed by atoms with Crippen molar-refractivity contribution in [3.63, 3.8) is 0 Å². The molecule has 0 bridgehead atoms. The summed E-state index contributed by atoms with van der Waals surface area (Å²) in [6, 6.07) is 0.738. The molecule has 84 valence electrons. The van der Waals surface area contributed by atoms with Crippen LogP contribution in [0.4, 0.5) is 0 Å². The van der Waals surface area contributed by atoms with E-state index in [0.29, 0.717) is 6.04 Å². The third kappa shape index (κ3) is 3.25. The third-order valence-electron chi connectivity index (χ3n) is 3.10. The average molecular weight is 198 g/mol. The van der Waals surface area contributed by atoms with Crippen molar-refractivity contribution in [2.45, 2.75) is 52.6 Å². The van der Waals surface area contributed by atoms with Gasteiger partial charge < -0.3 is 10.6 Å². The van der Waals surface area contributed by atoms with Gasteiger partial charge in [-0.15, -0.1) is 0 Å². The molecule has 1 fully saturated rings. The molecule has 1 saturated carbocycles. The minimum Gasteiger partial charge on any atom is -0.327 e. The van der Waals surface area contributed by atoms with Crippen LogP contribution in [-0.2, 0) is 0 Å². The summed E-state index contributed by atoms with van der Waals surface area (Å²) in [7, 11) is 2.22. The van der Waals surface area contributed by atoms with Crippen LogP contribution in [0.5, 0.6) is 0 Å². The SMILES string of the molecule is CC(N)C(N(C)CC1CC1)C(C)(C)C. The van der Waals surface area contributed by atoms with Crippen LogP contribution in [0, 0.1) is 11.3 Å². The second-order valence-corrected chi connectivity index (χ2v) is 6.05. The van der Waals surface area contributed by atoms with Gasteiger partial charge in [-0.3, -0.25) is 0 Å². The molecule has 2 atom stereocenters. The van der Waals surface area contributed by atoms with Gasteiger partial charge in [0.2, 0.25) is 0 Å². The fourth-order valence-electron chi connectivity index (χ4n) is 2.67. The lowest BCUT2D eigenvalue weighted by molar-refractivity contribution is 0.102. The van der Waals surface area contributed by atoms with E-state index in [-0.39, 0.29) is 11.5 Å². The Kier molecular flexibility index (Phi) is 3.59. The van der Waals surface area contributed by atoms with E-state index in [2.05, 4.69) is 39.6 Å². The van der Waals surface area contributed by atoms with E-state index in [1.54, 1.807) is 0 Å². The largest absolute Gasteiger partial charge is 0.327 e. The molecule has 0 heterocycles. The highest BCUT2D eigenvalue weighted by molar-refractivity contribution is 4.90. The second kappa shape index (κ2) is 4.19. The van der Waals surface area contributed by atoms with Crippen molar-refractivity contribution < 1.29 is 0 Å². The summed E-state index contributed by atoms with van der Waals surface area (Å²) in [6.45, 7) is 10.2. The highest BCUT2D eigenvalue weighted by atomic mass is 15.2. The lowest BCUT2D eigenvalue weighted by Gasteiger charge is -2.40. The maximum atomic E-state index is 6.08. The normalized spacial score (nSPS) is 22.5. The fourth-order valence-corrected chi connectivity index (χ4v) is 2.67. The molecule has 0 aromatic carbocycles. The Labute approximate surface area is 88.8 Å². The molecule has 1 aliphatic carbocycles. The quantitative estimate of drug-likeness (QED) is 0.749. The van der Waals surface area contributed by atoms with Crippen molar-refractivity contribution >= 4 is 0 Å². The molecule has 0 saturated heterocycles. The molecule has 1 rings (SSSR count). The number of rotatable bonds is 4. The molecule has 0 spiro atoms. The minimum absolute atomic E-state index is 0.249. The smallest absolute Gasteiger partial charge is 0.0289 e. The molecule has 2 N–H and O–H groups in total. The maximum Gasteiger partial charge on any atom is 0.0289 e. The van der Waals surface area contributed by atoms with Crippen LogP contribution in [0.3, 0.4) is 0 Å². The molecular formula is C12H26N2. The predicted molar refractivity (Wildman–Crippen MR) is 62.2 cm³/mol. The second-order valence-electron chi connectivity index (χ2n) is 6.05. The Balaban J connectivity index is 2.55. The van der Waals surface area contributed by atoms with Gasteiger partial charge in [-0.1, -0.05) is 20.8 Å². The zero-order valence-electron chi connectivity index (χ0n) is 10.4. The van der Waals surface area contributed by atoms with Crippen LogP contribution in [0.1, 0.15) is 40.5 Å². The molecule has 1 aliphatic rings. The van der Waals surface area contributed by atoms with Crippen LogP contribution in [0.25, 0.3) is 0 Å². The molecule has 0 amide bonds. The van der Waals surface area contributed by atoms with E-state index in [1.165, 1.54) is 19.4 Å². The Morgan fingerprint density at radius 1 is 1.36 bits per heavy atom. The maximum absolute atomic E-state index is 6.08. The zero-order valence-corrected chi connectivity index (χ0v) is 10.4. The van der Waals surface area contributed by atoms with E-state index < -0.39 is 0 Å². The van der Waals surface area contributed by atoms with Crippen LogP contribution < -0.4 is 5.73 Å². The van der Waals surface area contributed by atoms with Gasteiger partial charge in [0.15, 0.2) is 0 Å². The first kappa shape index (κ1) is 12.0. The van der Waals surface area contributed by atoms with E-state index in [4.69, 9.17) is 5.73 Å². The number of hydrogen-bond donors (Lipinski definition) is 1. The molecule has 0 aromatic heterocycles. The van der Waals surface area contributed by atoms with Crippen molar-refractivity contribution in [1.82, 2.24) is 4.90 Å². The van der Waals surface area contributed by atoms with Crippen molar-refractivity contribution in [2.24, 2.45) is 17.1 Å². The van der Waals surface area contributed by atoms with E-state index in [9.17, 15) is 0 Å².